The lowest BCUT2D eigenvalue weighted by atomic mass is 9.77. The first kappa shape index (κ1) is 15.7. The molecule has 0 saturated heterocycles. The highest BCUT2D eigenvalue weighted by Gasteiger charge is 2.27. The molecule has 104 valence electrons. The van der Waals surface area contributed by atoms with E-state index in [9.17, 15) is 0 Å². The first-order valence-corrected chi connectivity index (χ1v) is 8.47. The molecule has 1 unspecified atom stereocenters. The third-order valence-electron chi connectivity index (χ3n) is 3.97. The number of hydrogen-bond acceptors (Lipinski definition) is 2. The molecule has 0 N–H and O–H groups in total. The highest BCUT2D eigenvalue weighted by molar-refractivity contribution is 7.03. The molecule has 0 aliphatic rings. The normalized spacial score (nSPS) is 14.6. The summed E-state index contributed by atoms with van der Waals surface area (Å²) in [6, 6.07) is 2.23. The number of hydrogen-bond donors (Lipinski definition) is 0. The molecule has 1 atom stereocenters. The van der Waals surface area contributed by atoms with Crippen molar-refractivity contribution in [3.63, 3.8) is 0 Å². The summed E-state index contributed by atoms with van der Waals surface area (Å²) in [5.74, 6) is 0. The number of aromatic nitrogens is 1. The molecule has 0 bridgehead atoms. The van der Waals surface area contributed by atoms with Gasteiger partial charge >= 0.3 is 0 Å². The average Bonchev–Trinajstić information content (AvgIpc) is 2.89. The molecule has 1 aromatic heterocycles. The zero-order valence-electron chi connectivity index (χ0n) is 12.4. The number of rotatable bonds is 10. The fourth-order valence-electron chi connectivity index (χ4n) is 2.61. The Morgan fingerprint density at radius 2 is 1.61 bits per heavy atom. The molecule has 1 nitrogen and oxygen atoms in total. The van der Waals surface area contributed by atoms with Gasteiger partial charge in [-0.15, -0.1) is 0 Å². The van der Waals surface area contributed by atoms with Crippen molar-refractivity contribution in [2.24, 2.45) is 0 Å². The predicted octanol–water partition coefficient (Wildman–Crippen LogP) is 5.95. The van der Waals surface area contributed by atoms with E-state index in [1.165, 1.54) is 63.5 Å². The zero-order chi connectivity index (χ0) is 13.3. The molecule has 0 spiro atoms. The van der Waals surface area contributed by atoms with Crippen LogP contribution in [-0.2, 0) is 5.41 Å². The summed E-state index contributed by atoms with van der Waals surface area (Å²) in [7, 11) is 0. The SMILES string of the molecule is CCCCCCC(C)(CCCCC)c1ccsn1. The van der Waals surface area contributed by atoms with Gasteiger partial charge in [0.05, 0.1) is 5.69 Å². The van der Waals surface area contributed by atoms with Crippen molar-refractivity contribution in [3.8, 4) is 0 Å². The summed E-state index contributed by atoms with van der Waals surface area (Å²) in [6.07, 6.45) is 12.1. The van der Waals surface area contributed by atoms with Crippen molar-refractivity contribution in [3.05, 3.63) is 17.1 Å². The molecule has 0 aromatic carbocycles. The van der Waals surface area contributed by atoms with Gasteiger partial charge in [0, 0.05) is 10.8 Å². The summed E-state index contributed by atoms with van der Waals surface area (Å²) in [6.45, 7) is 6.98. The standard InChI is InChI=1S/C16H29NS/c1-4-6-8-10-13-16(3,12-9-7-5-2)15-11-14-18-17-15/h11,14H,4-10,12-13H2,1-3H3. The van der Waals surface area contributed by atoms with Crippen molar-refractivity contribution in [2.75, 3.05) is 0 Å². The number of nitrogens with zero attached hydrogens (tertiary/aromatic N) is 1. The second kappa shape index (κ2) is 8.68. The van der Waals surface area contributed by atoms with Crippen LogP contribution in [-0.4, -0.2) is 4.37 Å². The minimum Gasteiger partial charge on any atom is -0.197 e. The Bertz CT molecular complexity index is 294. The van der Waals surface area contributed by atoms with E-state index in [1.54, 1.807) is 11.5 Å². The highest BCUT2D eigenvalue weighted by atomic mass is 32.1. The van der Waals surface area contributed by atoms with E-state index in [1.807, 2.05) is 0 Å². The fourth-order valence-corrected chi connectivity index (χ4v) is 3.26. The van der Waals surface area contributed by atoms with Crippen LogP contribution in [0.15, 0.2) is 11.4 Å². The molecule has 1 aromatic rings. The minimum atomic E-state index is 0.322. The highest BCUT2D eigenvalue weighted by Crippen LogP contribution is 2.34. The van der Waals surface area contributed by atoms with Crippen LogP contribution in [0.1, 0.15) is 84.3 Å². The molecule has 1 rings (SSSR count). The van der Waals surface area contributed by atoms with E-state index < -0.39 is 0 Å². The van der Waals surface area contributed by atoms with Gasteiger partial charge in [-0.2, -0.15) is 4.37 Å². The summed E-state index contributed by atoms with van der Waals surface area (Å²) < 4.78 is 4.61. The predicted molar refractivity (Wildman–Crippen MR) is 82.4 cm³/mol. The van der Waals surface area contributed by atoms with Crippen LogP contribution in [0.4, 0.5) is 0 Å². The smallest absolute Gasteiger partial charge is 0.0601 e. The summed E-state index contributed by atoms with van der Waals surface area (Å²) in [5, 5.41) is 2.12. The molecule has 0 aliphatic heterocycles. The molecular weight excluding hydrogens is 238 g/mol. The molecule has 0 amide bonds. The summed E-state index contributed by atoms with van der Waals surface area (Å²) in [4.78, 5) is 0. The van der Waals surface area contributed by atoms with E-state index >= 15 is 0 Å². The van der Waals surface area contributed by atoms with Crippen LogP contribution >= 0.6 is 11.5 Å². The maximum absolute atomic E-state index is 4.61. The Morgan fingerprint density at radius 3 is 2.17 bits per heavy atom. The van der Waals surface area contributed by atoms with E-state index in [4.69, 9.17) is 0 Å². The van der Waals surface area contributed by atoms with Crippen LogP contribution in [0.5, 0.6) is 0 Å². The van der Waals surface area contributed by atoms with Crippen molar-refractivity contribution < 1.29 is 0 Å². The van der Waals surface area contributed by atoms with Crippen LogP contribution in [0.25, 0.3) is 0 Å². The Labute approximate surface area is 117 Å². The van der Waals surface area contributed by atoms with Crippen LogP contribution in [0.3, 0.4) is 0 Å². The molecule has 1 heterocycles. The Kier molecular flexibility index (Phi) is 7.57. The van der Waals surface area contributed by atoms with Gasteiger partial charge in [0.2, 0.25) is 0 Å². The minimum absolute atomic E-state index is 0.322. The third-order valence-corrected chi connectivity index (χ3v) is 4.53. The molecule has 0 saturated carbocycles. The van der Waals surface area contributed by atoms with Gasteiger partial charge in [0.25, 0.3) is 0 Å². The summed E-state index contributed by atoms with van der Waals surface area (Å²) in [5.41, 5.74) is 1.66. The maximum atomic E-state index is 4.61. The van der Waals surface area contributed by atoms with E-state index in [0.29, 0.717) is 5.41 Å². The molecule has 2 heteroatoms. The Balaban J connectivity index is 2.51. The van der Waals surface area contributed by atoms with Gasteiger partial charge < -0.3 is 0 Å². The van der Waals surface area contributed by atoms with E-state index in [2.05, 4.69) is 36.6 Å². The molecule has 0 aliphatic carbocycles. The third kappa shape index (κ3) is 5.09. The van der Waals surface area contributed by atoms with Gasteiger partial charge in [-0.05, 0) is 30.4 Å². The fraction of sp³-hybridized carbons (Fsp3) is 0.812. The molecule has 18 heavy (non-hydrogen) atoms. The lowest BCUT2D eigenvalue weighted by Gasteiger charge is -2.28. The van der Waals surface area contributed by atoms with Crippen LogP contribution in [0, 0.1) is 0 Å². The van der Waals surface area contributed by atoms with Crippen molar-refractivity contribution >= 4 is 11.5 Å². The van der Waals surface area contributed by atoms with Gasteiger partial charge in [-0.1, -0.05) is 65.7 Å². The average molecular weight is 267 g/mol. The first-order valence-electron chi connectivity index (χ1n) is 7.64. The van der Waals surface area contributed by atoms with Crippen molar-refractivity contribution in [1.82, 2.24) is 4.37 Å². The first-order chi connectivity index (χ1) is 8.73. The summed E-state index contributed by atoms with van der Waals surface area (Å²) >= 11 is 1.60. The van der Waals surface area contributed by atoms with Crippen molar-refractivity contribution in [1.29, 1.82) is 0 Å². The quantitative estimate of drug-likeness (QED) is 0.477. The van der Waals surface area contributed by atoms with E-state index in [0.717, 1.165) is 0 Å². The Hall–Kier alpha value is -0.370. The lowest BCUT2D eigenvalue weighted by Crippen LogP contribution is -2.22. The van der Waals surface area contributed by atoms with Gasteiger partial charge in [0.1, 0.15) is 0 Å². The second-order valence-electron chi connectivity index (χ2n) is 5.71. The molecule has 0 fully saturated rings. The monoisotopic (exact) mass is 267 g/mol. The lowest BCUT2D eigenvalue weighted by molar-refractivity contribution is 0.359. The number of unbranched alkanes of at least 4 members (excludes halogenated alkanes) is 5. The zero-order valence-corrected chi connectivity index (χ0v) is 13.2. The van der Waals surface area contributed by atoms with Crippen LogP contribution in [0.2, 0.25) is 0 Å². The van der Waals surface area contributed by atoms with Crippen LogP contribution < -0.4 is 0 Å². The maximum Gasteiger partial charge on any atom is 0.0601 e. The van der Waals surface area contributed by atoms with Gasteiger partial charge in [-0.25, -0.2) is 0 Å². The second-order valence-corrected chi connectivity index (χ2v) is 6.38. The van der Waals surface area contributed by atoms with E-state index in [-0.39, 0.29) is 0 Å². The van der Waals surface area contributed by atoms with Gasteiger partial charge in [0.15, 0.2) is 0 Å². The molecular formula is C16H29NS. The molecule has 0 radical (unpaired) electrons. The van der Waals surface area contributed by atoms with Crippen molar-refractivity contribution in [2.45, 2.75) is 84.0 Å². The van der Waals surface area contributed by atoms with Gasteiger partial charge in [-0.3, -0.25) is 0 Å². The Morgan fingerprint density at radius 1 is 1.00 bits per heavy atom. The topological polar surface area (TPSA) is 12.9 Å². The largest absolute Gasteiger partial charge is 0.197 e.